The first-order valence-electron chi connectivity index (χ1n) is 5.72. The van der Waals surface area contributed by atoms with Gasteiger partial charge in [0.05, 0.1) is 6.73 Å². The third-order valence-corrected chi connectivity index (χ3v) is 2.84. The van der Waals surface area contributed by atoms with Crippen molar-refractivity contribution in [3.05, 3.63) is 36.5 Å². The Labute approximate surface area is 99.6 Å². The molecular weight excluding hydrogens is 216 g/mol. The lowest BCUT2D eigenvalue weighted by atomic mass is 10.2. The number of pyridine rings is 1. The molecule has 0 spiro atoms. The van der Waals surface area contributed by atoms with E-state index in [2.05, 4.69) is 16.4 Å². The molecule has 0 bridgehead atoms. The number of benzene rings is 1. The molecule has 1 saturated heterocycles. The summed E-state index contributed by atoms with van der Waals surface area (Å²) in [4.78, 5) is 4.27. The van der Waals surface area contributed by atoms with E-state index in [4.69, 9.17) is 9.47 Å². The van der Waals surface area contributed by atoms with E-state index >= 15 is 0 Å². The Morgan fingerprint density at radius 1 is 1.35 bits per heavy atom. The van der Waals surface area contributed by atoms with Crippen molar-refractivity contribution in [2.75, 3.05) is 19.9 Å². The van der Waals surface area contributed by atoms with E-state index in [0.29, 0.717) is 19.2 Å². The SMILES string of the molecule is c1ccc2c(OCC3CNCO3)nccc2c1. The zero-order valence-corrected chi connectivity index (χ0v) is 9.43. The third-order valence-electron chi connectivity index (χ3n) is 2.84. The van der Waals surface area contributed by atoms with Gasteiger partial charge in [0.1, 0.15) is 12.7 Å². The molecule has 0 amide bonds. The first-order chi connectivity index (χ1) is 8.43. The van der Waals surface area contributed by atoms with E-state index in [9.17, 15) is 0 Å². The quantitative estimate of drug-likeness (QED) is 0.869. The van der Waals surface area contributed by atoms with Crippen LogP contribution in [0.25, 0.3) is 10.8 Å². The molecule has 17 heavy (non-hydrogen) atoms. The van der Waals surface area contributed by atoms with Crippen molar-refractivity contribution >= 4 is 10.8 Å². The van der Waals surface area contributed by atoms with Crippen molar-refractivity contribution in [1.82, 2.24) is 10.3 Å². The van der Waals surface area contributed by atoms with Gasteiger partial charge in [-0.1, -0.05) is 18.2 Å². The zero-order valence-electron chi connectivity index (χ0n) is 9.43. The Hall–Kier alpha value is -1.65. The van der Waals surface area contributed by atoms with Gasteiger partial charge in [-0.15, -0.1) is 0 Å². The number of hydrogen-bond donors (Lipinski definition) is 1. The van der Waals surface area contributed by atoms with Crippen LogP contribution in [0.2, 0.25) is 0 Å². The van der Waals surface area contributed by atoms with Crippen LogP contribution in [0.15, 0.2) is 36.5 Å². The summed E-state index contributed by atoms with van der Waals surface area (Å²) < 4.78 is 11.1. The van der Waals surface area contributed by atoms with Gasteiger partial charge in [0.15, 0.2) is 0 Å². The molecule has 1 aliphatic heterocycles. The number of nitrogens with one attached hydrogen (secondary N) is 1. The Bertz CT molecular complexity index is 504. The van der Waals surface area contributed by atoms with Gasteiger partial charge in [-0.2, -0.15) is 0 Å². The van der Waals surface area contributed by atoms with Crippen molar-refractivity contribution in [3.8, 4) is 5.88 Å². The minimum Gasteiger partial charge on any atom is -0.474 e. The van der Waals surface area contributed by atoms with E-state index in [1.807, 2.05) is 24.3 Å². The van der Waals surface area contributed by atoms with Crippen LogP contribution in [-0.2, 0) is 4.74 Å². The van der Waals surface area contributed by atoms with Crippen LogP contribution in [0.3, 0.4) is 0 Å². The number of nitrogens with zero attached hydrogens (tertiary/aromatic N) is 1. The molecule has 88 valence electrons. The summed E-state index contributed by atoms with van der Waals surface area (Å²) in [5.74, 6) is 0.679. The highest BCUT2D eigenvalue weighted by atomic mass is 16.5. The fourth-order valence-electron chi connectivity index (χ4n) is 1.94. The number of hydrogen-bond acceptors (Lipinski definition) is 4. The van der Waals surface area contributed by atoms with Crippen molar-refractivity contribution < 1.29 is 9.47 Å². The van der Waals surface area contributed by atoms with Crippen LogP contribution in [0.4, 0.5) is 0 Å². The molecule has 0 aliphatic carbocycles. The van der Waals surface area contributed by atoms with Crippen molar-refractivity contribution in [2.45, 2.75) is 6.10 Å². The third kappa shape index (κ3) is 2.23. The molecular formula is C13H14N2O2. The van der Waals surface area contributed by atoms with Crippen LogP contribution >= 0.6 is 0 Å². The largest absolute Gasteiger partial charge is 0.474 e. The Morgan fingerprint density at radius 2 is 2.29 bits per heavy atom. The maximum Gasteiger partial charge on any atom is 0.221 e. The average Bonchev–Trinajstić information content (AvgIpc) is 2.89. The maximum absolute atomic E-state index is 5.73. The lowest BCUT2D eigenvalue weighted by Gasteiger charge is -2.11. The Balaban J connectivity index is 1.79. The second-order valence-corrected chi connectivity index (χ2v) is 4.04. The maximum atomic E-state index is 5.73. The van der Waals surface area contributed by atoms with Crippen molar-refractivity contribution in [1.29, 1.82) is 0 Å². The first-order valence-corrected chi connectivity index (χ1v) is 5.72. The van der Waals surface area contributed by atoms with Gasteiger partial charge in [0.2, 0.25) is 5.88 Å². The topological polar surface area (TPSA) is 43.4 Å². The van der Waals surface area contributed by atoms with Gasteiger partial charge in [-0.25, -0.2) is 4.98 Å². The predicted octanol–water partition coefficient (Wildman–Crippen LogP) is 1.56. The van der Waals surface area contributed by atoms with Crippen LogP contribution in [-0.4, -0.2) is 31.0 Å². The van der Waals surface area contributed by atoms with E-state index in [-0.39, 0.29) is 6.10 Å². The summed E-state index contributed by atoms with van der Waals surface area (Å²) in [6, 6.07) is 10.1. The minimum absolute atomic E-state index is 0.121. The fraction of sp³-hybridized carbons (Fsp3) is 0.308. The van der Waals surface area contributed by atoms with E-state index in [0.717, 1.165) is 17.3 Å². The number of fused-ring (bicyclic) bond motifs is 1. The Kier molecular flexibility index (Phi) is 2.90. The summed E-state index contributed by atoms with van der Waals surface area (Å²) in [6.07, 6.45) is 1.89. The second-order valence-electron chi connectivity index (χ2n) is 4.04. The lowest BCUT2D eigenvalue weighted by molar-refractivity contribution is 0.0707. The highest BCUT2D eigenvalue weighted by molar-refractivity contribution is 5.86. The molecule has 1 atom stereocenters. The molecule has 3 rings (SSSR count). The van der Waals surface area contributed by atoms with Crippen LogP contribution in [0.1, 0.15) is 0 Å². The molecule has 0 radical (unpaired) electrons. The average molecular weight is 230 g/mol. The summed E-state index contributed by atoms with van der Waals surface area (Å²) in [5, 5.41) is 5.31. The van der Waals surface area contributed by atoms with Crippen LogP contribution < -0.4 is 10.1 Å². The van der Waals surface area contributed by atoms with E-state index < -0.39 is 0 Å². The molecule has 1 fully saturated rings. The minimum atomic E-state index is 0.121. The molecule has 1 unspecified atom stereocenters. The van der Waals surface area contributed by atoms with Gasteiger partial charge >= 0.3 is 0 Å². The van der Waals surface area contributed by atoms with E-state index in [1.165, 1.54) is 0 Å². The van der Waals surface area contributed by atoms with Crippen LogP contribution in [0.5, 0.6) is 5.88 Å². The zero-order chi connectivity index (χ0) is 11.5. The Morgan fingerprint density at radius 3 is 3.18 bits per heavy atom. The molecule has 1 N–H and O–H groups in total. The lowest BCUT2D eigenvalue weighted by Crippen LogP contribution is -2.22. The second kappa shape index (κ2) is 4.69. The normalized spacial score (nSPS) is 19.6. The van der Waals surface area contributed by atoms with Gasteiger partial charge in [-0.3, -0.25) is 5.32 Å². The van der Waals surface area contributed by atoms with Crippen LogP contribution in [0, 0.1) is 0 Å². The summed E-state index contributed by atoms with van der Waals surface area (Å²) in [7, 11) is 0. The van der Waals surface area contributed by atoms with Gasteiger partial charge in [-0.05, 0) is 17.5 Å². The highest BCUT2D eigenvalue weighted by Crippen LogP contribution is 2.22. The number of aromatic nitrogens is 1. The van der Waals surface area contributed by atoms with Gasteiger partial charge in [0.25, 0.3) is 0 Å². The fourth-order valence-corrected chi connectivity index (χ4v) is 1.94. The molecule has 4 nitrogen and oxygen atoms in total. The molecule has 0 saturated carbocycles. The van der Waals surface area contributed by atoms with Crippen molar-refractivity contribution in [2.24, 2.45) is 0 Å². The smallest absolute Gasteiger partial charge is 0.221 e. The predicted molar refractivity (Wildman–Crippen MR) is 65.0 cm³/mol. The first kappa shape index (κ1) is 10.5. The molecule has 1 aromatic heterocycles. The standard InChI is InChI=1S/C13H14N2O2/c1-2-4-12-10(3-1)5-6-15-13(12)16-8-11-7-14-9-17-11/h1-6,11,14H,7-9H2. The van der Waals surface area contributed by atoms with E-state index in [1.54, 1.807) is 6.20 Å². The summed E-state index contributed by atoms with van der Waals surface area (Å²) in [5.41, 5.74) is 0. The monoisotopic (exact) mass is 230 g/mol. The molecule has 4 heteroatoms. The van der Waals surface area contributed by atoms with Crippen molar-refractivity contribution in [3.63, 3.8) is 0 Å². The summed E-state index contributed by atoms with van der Waals surface area (Å²) in [6.45, 7) is 1.98. The van der Waals surface area contributed by atoms with Gasteiger partial charge < -0.3 is 9.47 Å². The highest BCUT2D eigenvalue weighted by Gasteiger charge is 2.16. The molecule has 2 aromatic rings. The van der Waals surface area contributed by atoms with Gasteiger partial charge in [0, 0.05) is 18.1 Å². The number of ether oxygens (including phenoxy) is 2. The molecule has 2 heterocycles. The summed E-state index contributed by atoms with van der Waals surface area (Å²) >= 11 is 0. The molecule has 1 aliphatic rings. The molecule has 1 aromatic carbocycles. The number of rotatable bonds is 3.